The lowest BCUT2D eigenvalue weighted by Crippen LogP contribution is -2.57. The monoisotopic (exact) mass is 526 g/mol. The van der Waals surface area contributed by atoms with Crippen molar-refractivity contribution in [1.29, 1.82) is 0 Å². The minimum Gasteiger partial charge on any atom is -0.115 e. The summed E-state index contributed by atoms with van der Waals surface area (Å²) >= 11 is 0. The van der Waals surface area contributed by atoms with Crippen molar-refractivity contribution in [1.82, 2.24) is 0 Å². The molecule has 4 atom stereocenters. The van der Waals surface area contributed by atoms with Crippen LogP contribution in [0.1, 0.15) is 90.1 Å². The molecule has 2 aromatic rings. The fourth-order valence-electron chi connectivity index (χ4n) is 8.70. The number of aryl methyl sites for hydroxylation is 1. The molecule has 0 saturated carbocycles. The van der Waals surface area contributed by atoms with E-state index in [0.29, 0.717) is 5.92 Å². The number of fused-ring (bicyclic) bond motifs is 3. The van der Waals surface area contributed by atoms with Crippen LogP contribution in [0.15, 0.2) is 95.6 Å². The predicted molar refractivity (Wildman–Crippen MR) is 177 cm³/mol. The quantitative estimate of drug-likeness (QED) is 0.341. The minimum atomic E-state index is -0.234. The van der Waals surface area contributed by atoms with Crippen molar-refractivity contribution in [2.75, 3.05) is 0 Å². The zero-order valence-corrected chi connectivity index (χ0v) is 25.1. The fraction of sp³-hybridized carbons (Fsp3) is 0.350. The van der Waals surface area contributed by atoms with Crippen LogP contribution in [0.2, 0.25) is 0 Å². The number of terminal acetylenes is 1. The molecule has 0 nitrogen and oxygen atoms in total. The second kappa shape index (κ2) is 9.52. The fourth-order valence-corrected chi connectivity index (χ4v) is 8.70. The topological polar surface area (TPSA) is 0 Å². The Morgan fingerprint density at radius 2 is 1.65 bits per heavy atom. The van der Waals surface area contributed by atoms with Crippen LogP contribution < -0.4 is 0 Å². The summed E-state index contributed by atoms with van der Waals surface area (Å²) in [5, 5.41) is 0. The Labute approximate surface area is 244 Å². The molecule has 0 bridgehead atoms. The maximum Gasteiger partial charge on any atom is 0.0243 e. The highest BCUT2D eigenvalue weighted by molar-refractivity contribution is 6.02. The van der Waals surface area contributed by atoms with Gasteiger partial charge in [-0.05, 0) is 108 Å². The number of rotatable bonds is 2. The van der Waals surface area contributed by atoms with Gasteiger partial charge in [-0.15, -0.1) is 6.42 Å². The number of hydrogen-bond acceptors (Lipinski definition) is 0. The second-order valence-electron chi connectivity index (χ2n) is 12.9. The Bertz CT molecular complexity index is 1600. The molecule has 0 spiro atoms. The molecule has 5 rings (SSSR count). The first-order valence-electron chi connectivity index (χ1n) is 14.1. The summed E-state index contributed by atoms with van der Waals surface area (Å²) in [7, 11) is 0. The molecule has 0 radical (unpaired) electrons. The molecular weight excluding hydrogens is 480 g/mol. The Balaban J connectivity index is 0.00000370. The van der Waals surface area contributed by atoms with Gasteiger partial charge in [0.2, 0.25) is 0 Å². The third-order valence-corrected chi connectivity index (χ3v) is 11.1. The van der Waals surface area contributed by atoms with E-state index in [9.17, 15) is 0 Å². The van der Waals surface area contributed by atoms with Gasteiger partial charge in [0.1, 0.15) is 0 Å². The van der Waals surface area contributed by atoms with Gasteiger partial charge in [-0.3, -0.25) is 0 Å². The summed E-state index contributed by atoms with van der Waals surface area (Å²) in [5.74, 6) is 3.07. The molecular formula is C40H46. The average molecular weight is 527 g/mol. The van der Waals surface area contributed by atoms with Gasteiger partial charge >= 0.3 is 0 Å². The highest BCUT2D eigenvalue weighted by atomic mass is 14.7. The van der Waals surface area contributed by atoms with E-state index in [2.05, 4.69) is 104 Å². The lowest BCUT2D eigenvalue weighted by atomic mass is 9.37. The van der Waals surface area contributed by atoms with Crippen molar-refractivity contribution >= 4 is 17.2 Å². The second-order valence-corrected chi connectivity index (χ2v) is 12.9. The Hall–Kier alpha value is -3.56. The Kier molecular flexibility index (Phi) is 7.00. The summed E-state index contributed by atoms with van der Waals surface area (Å²) in [6.07, 6.45) is 9.08. The summed E-state index contributed by atoms with van der Waals surface area (Å²) in [4.78, 5) is 0. The van der Waals surface area contributed by atoms with Gasteiger partial charge in [0.15, 0.2) is 0 Å². The van der Waals surface area contributed by atoms with Crippen molar-refractivity contribution < 1.29 is 0 Å². The Morgan fingerprint density at radius 1 is 1.02 bits per heavy atom. The van der Waals surface area contributed by atoms with Crippen molar-refractivity contribution in [2.45, 2.75) is 69.2 Å². The lowest BCUT2D eigenvalue weighted by Gasteiger charge is -2.66. The summed E-state index contributed by atoms with van der Waals surface area (Å²) in [5.41, 5.74) is 15.7. The van der Waals surface area contributed by atoms with Gasteiger partial charge in [0, 0.05) is 16.4 Å². The molecule has 3 aliphatic carbocycles. The van der Waals surface area contributed by atoms with E-state index in [4.69, 9.17) is 19.6 Å². The molecule has 0 unspecified atom stereocenters. The minimum absolute atomic E-state index is 0. The molecule has 0 N–H and O–H groups in total. The molecule has 0 aliphatic heterocycles. The largest absolute Gasteiger partial charge is 0.115 e. The first-order chi connectivity index (χ1) is 18.2. The van der Waals surface area contributed by atoms with E-state index in [1.165, 1.54) is 55.7 Å². The van der Waals surface area contributed by atoms with E-state index in [0.717, 1.165) is 23.1 Å². The van der Waals surface area contributed by atoms with Crippen LogP contribution in [0.4, 0.5) is 0 Å². The normalized spacial score (nSPS) is 30.3. The van der Waals surface area contributed by atoms with Crippen LogP contribution in [0.25, 0.3) is 17.2 Å². The number of allylic oxidation sites excluding steroid dienone is 8. The van der Waals surface area contributed by atoms with E-state index in [-0.39, 0.29) is 23.7 Å². The SMILES string of the molecule is C.C#Cc1ccc(/C=C2\c3cccc(C)c3C(=C)C3=C(C)[C@@]4(C)C(=C)C(C(=C)C)=C(C)C[C@@]4(C)[C@H](C)[C@]32C)cc1. The molecule has 0 heterocycles. The van der Waals surface area contributed by atoms with Crippen LogP contribution in [-0.2, 0) is 0 Å². The summed E-state index contributed by atoms with van der Waals surface area (Å²) in [6, 6.07) is 15.1. The van der Waals surface area contributed by atoms with Gasteiger partial charge in [-0.2, -0.15) is 0 Å². The van der Waals surface area contributed by atoms with Crippen molar-refractivity contribution in [2.24, 2.45) is 22.2 Å². The highest BCUT2D eigenvalue weighted by Gasteiger charge is 2.64. The molecule has 0 amide bonds. The first-order valence-corrected chi connectivity index (χ1v) is 14.1. The summed E-state index contributed by atoms with van der Waals surface area (Å²) < 4.78 is 0. The molecule has 40 heavy (non-hydrogen) atoms. The van der Waals surface area contributed by atoms with Crippen LogP contribution in [0.5, 0.6) is 0 Å². The van der Waals surface area contributed by atoms with Crippen LogP contribution >= 0.6 is 0 Å². The van der Waals surface area contributed by atoms with E-state index < -0.39 is 0 Å². The zero-order chi connectivity index (χ0) is 28.7. The predicted octanol–water partition coefficient (Wildman–Crippen LogP) is 11.0. The molecule has 2 aromatic carbocycles. The van der Waals surface area contributed by atoms with Crippen LogP contribution in [0, 0.1) is 41.4 Å². The van der Waals surface area contributed by atoms with Gasteiger partial charge in [-0.25, -0.2) is 0 Å². The van der Waals surface area contributed by atoms with Gasteiger partial charge in [0.25, 0.3) is 0 Å². The molecule has 0 aromatic heterocycles. The maximum absolute atomic E-state index is 5.66. The average Bonchev–Trinajstić information content (AvgIpc) is 2.88. The number of benzene rings is 2. The maximum atomic E-state index is 5.66. The van der Waals surface area contributed by atoms with E-state index in [1.54, 1.807) is 0 Å². The molecule has 3 aliphatic rings. The first kappa shape index (κ1) is 29.4. The number of hydrogen-bond donors (Lipinski definition) is 0. The summed E-state index contributed by atoms with van der Waals surface area (Å²) in [6.45, 7) is 32.8. The van der Waals surface area contributed by atoms with Crippen molar-refractivity contribution in [3.63, 3.8) is 0 Å². The molecule has 0 heteroatoms. The van der Waals surface area contributed by atoms with Crippen molar-refractivity contribution in [3.8, 4) is 12.3 Å². The van der Waals surface area contributed by atoms with Gasteiger partial charge in [-0.1, -0.05) is 114 Å². The highest BCUT2D eigenvalue weighted by Crippen LogP contribution is 2.74. The zero-order valence-electron chi connectivity index (χ0n) is 25.1. The Morgan fingerprint density at radius 3 is 2.23 bits per heavy atom. The van der Waals surface area contributed by atoms with Gasteiger partial charge < -0.3 is 0 Å². The van der Waals surface area contributed by atoms with Crippen LogP contribution in [-0.4, -0.2) is 0 Å². The molecule has 206 valence electrons. The third-order valence-electron chi connectivity index (χ3n) is 11.1. The van der Waals surface area contributed by atoms with E-state index >= 15 is 0 Å². The van der Waals surface area contributed by atoms with Crippen LogP contribution in [0.3, 0.4) is 0 Å². The molecule has 0 saturated heterocycles. The smallest absolute Gasteiger partial charge is 0.0243 e. The standard InChI is InChI=1S/C39H42.CH4/c1-13-30-17-19-31(20-18-30)21-33-32-16-14-15-24(4)35(32)26(6)36-28(8)39(12)27(7)34(23(2)3)25(5)22-37(39,10)29(9)38(33,36)11;/h1,14-21,29H,2,6-7,22H2,3-5,8-12H3;1H4/b33-21+;/t29-,37-,38-,39+;/m0./s1. The van der Waals surface area contributed by atoms with Gasteiger partial charge in [0.05, 0.1) is 0 Å². The lowest BCUT2D eigenvalue weighted by molar-refractivity contribution is 0.00638. The van der Waals surface area contributed by atoms with Crippen molar-refractivity contribution in [3.05, 3.63) is 123 Å². The van der Waals surface area contributed by atoms with E-state index in [1.807, 2.05) is 12.1 Å². The third kappa shape index (κ3) is 3.53. The molecule has 0 fully saturated rings.